The SMILES string of the molecule is COc1ccc2c(CC3CN(Cc4ccccc4)CCC3=O)c[nH]c2c1. The number of nitrogens with one attached hydrogen (secondary N) is 1. The Morgan fingerprint density at radius 1 is 1.19 bits per heavy atom. The molecule has 0 radical (unpaired) electrons. The van der Waals surface area contributed by atoms with Gasteiger partial charge in [-0.2, -0.15) is 0 Å². The molecule has 0 bridgehead atoms. The Hall–Kier alpha value is -2.59. The molecule has 1 N–H and O–H groups in total. The molecule has 4 heteroatoms. The Morgan fingerprint density at radius 2 is 2.04 bits per heavy atom. The van der Waals surface area contributed by atoms with Crippen LogP contribution in [0.15, 0.2) is 54.7 Å². The van der Waals surface area contributed by atoms with Gasteiger partial charge in [-0.25, -0.2) is 0 Å². The number of rotatable bonds is 5. The number of aromatic nitrogens is 1. The van der Waals surface area contributed by atoms with Crippen LogP contribution in [0.4, 0.5) is 0 Å². The molecule has 26 heavy (non-hydrogen) atoms. The summed E-state index contributed by atoms with van der Waals surface area (Å²) in [5, 5.41) is 1.18. The zero-order valence-electron chi connectivity index (χ0n) is 15.1. The molecule has 0 amide bonds. The third-order valence-electron chi connectivity index (χ3n) is 5.30. The fraction of sp³-hybridized carbons (Fsp3) is 0.318. The van der Waals surface area contributed by atoms with Crippen LogP contribution in [0.3, 0.4) is 0 Å². The number of hydrogen-bond acceptors (Lipinski definition) is 3. The maximum atomic E-state index is 12.5. The van der Waals surface area contributed by atoms with E-state index in [9.17, 15) is 4.79 Å². The monoisotopic (exact) mass is 348 g/mol. The lowest BCUT2D eigenvalue weighted by molar-refractivity contribution is -0.126. The van der Waals surface area contributed by atoms with Crippen molar-refractivity contribution in [3.8, 4) is 5.75 Å². The average Bonchev–Trinajstić information content (AvgIpc) is 3.07. The quantitative estimate of drug-likeness (QED) is 0.763. The second kappa shape index (κ2) is 7.34. The van der Waals surface area contributed by atoms with E-state index in [-0.39, 0.29) is 5.92 Å². The van der Waals surface area contributed by atoms with Crippen molar-refractivity contribution in [1.82, 2.24) is 9.88 Å². The van der Waals surface area contributed by atoms with Gasteiger partial charge in [0.25, 0.3) is 0 Å². The minimum Gasteiger partial charge on any atom is -0.497 e. The summed E-state index contributed by atoms with van der Waals surface area (Å²) < 4.78 is 5.29. The molecule has 1 unspecified atom stereocenters. The number of H-pyrrole nitrogens is 1. The number of likely N-dealkylation sites (tertiary alicyclic amines) is 1. The van der Waals surface area contributed by atoms with E-state index < -0.39 is 0 Å². The summed E-state index contributed by atoms with van der Waals surface area (Å²) in [6, 6.07) is 16.5. The maximum Gasteiger partial charge on any atom is 0.138 e. The highest BCUT2D eigenvalue weighted by atomic mass is 16.5. The number of Topliss-reactive ketones (excluding diaryl/α,β-unsaturated/α-hetero) is 1. The van der Waals surface area contributed by atoms with Crippen LogP contribution in [0.5, 0.6) is 5.75 Å². The van der Waals surface area contributed by atoms with Crippen LogP contribution in [0.25, 0.3) is 10.9 Å². The molecule has 1 aromatic heterocycles. The van der Waals surface area contributed by atoms with Crippen molar-refractivity contribution >= 4 is 16.7 Å². The van der Waals surface area contributed by atoms with Crippen molar-refractivity contribution < 1.29 is 9.53 Å². The van der Waals surface area contributed by atoms with Crippen molar-refractivity contribution in [2.45, 2.75) is 19.4 Å². The molecule has 2 heterocycles. The van der Waals surface area contributed by atoms with E-state index in [1.807, 2.05) is 24.4 Å². The molecule has 1 saturated heterocycles. The van der Waals surface area contributed by atoms with Crippen molar-refractivity contribution in [3.63, 3.8) is 0 Å². The van der Waals surface area contributed by atoms with Crippen LogP contribution in [0, 0.1) is 5.92 Å². The maximum absolute atomic E-state index is 12.5. The van der Waals surface area contributed by atoms with Gasteiger partial charge in [0, 0.05) is 55.1 Å². The van der Waals surface area contributed by atoms with Gasteiger partial charge in [-0.05, 0) is 29.7 Å². The van der Waals surface area contributed by atoms with Crippen LogP contribution in [-0.4, -0.2) is 35.9 Å². The molecule has 0 spiro atoms. The van der Waals surface area contributed by atoms with Gasteiger partial charge >= 0.3 is 0 Å². The van der Waals surface area contributed by atoms with Gasteiger partial charge in [-0.3, -0.25) is 9.69 Å². The zero-order chi connectivity index (χ0) is 17.9. The number of hydrogen-bond donors (Lipinski definition) is 1. The average molecular weight is 348 g/mol. The number of nitrogens with zero attached hydrogens (tertiary/aromatic N) is 1. The van der Waals surface area contributed by atoms with Crippen LogP contribution in [0.1, 0.15) is 17.5 Å². The number of fused-ring (bicyclic) bond motifs is 1. The van der Waals surface area contributed by atoms with E-state index in [0.29, 0.717) is 12.2 Å². The molecule has 1 fully saturated rings. The first kappa shape index (κ1) is 16.9. The fourth-order valence-corrected chi connectivity index (χ4v) is 3.87. The summed E-state index contributed by atoms with van der Waals surface area (Å²) in [6.07, 6.45) is 3.47. The summed E-state index contributed by atoms with van der Waals surface area (Å²) in [7, 11) is 1.67. The Labute approximate surface area is 153 Å². The third-order valence-corrected chi connectivity index (χ3v) is 5.30. The summed E-state index contributed by atoms with van der Waals surface area (Å²) in [5.41, 5.74) is 3.58. The number of carbonyl (C=O) groups is 1. The van der Waals surface area contributed by atoms with Crippen LogP contribution < -0.4 is 4.74 Å². The standard InChI is InChI=1S/C22H24N2O2/c1-26-19-7-8-20-17(13-23-21(20)12-19)11-18-15-24(10-9-22(18)25)14-16-5-3-2-4-6-16/h2-8,12-13,18,23H,9-11,14-15H2,1H3. The molecule has 0 aliphatic carbocycles. The smallest absolute Gasteiger partial charge is 0.138 e. The van der Waals surface area contributed by atoms with Gasteiger partial charge in [0.05, 0.1) is 7.11 Å². The predicted molar refractivity (Wildman–Crippen MR) is 103 cm³/mol. The molecular formula is C22H24N2O2. The Morgan fingerprint density at radius 3 is 2.85 bits per heavy atom. The summed E-state index contributed by atoms with van der Waals surface area (Å²) in [6.45, 7) is 2.60. The minimum atomic E-state index is 0.0635. The van der Waals surface area contributed by atoms with Gasteiger partial charge in [0.2, 0.25) is 0 Å². The van der Waals surface area contributed by atoms with Crippen LogP contribution >= 0.6 is 0 Å². The molecular weight excluding hydrogens is 324 g/mol. The van der Waals surface area contributed by atoms with E-state index in [1.165, 1.54) is 16.5 Å². The molecule has 1 aliphatic rings. The van der Waals surface area contributed by atoms with Gasteiger partial charge in [0.1, 0.15) is 11.5 Å². The molecule has 4 rings (SSSR count). The highest BCUT2D eigenvalue weighted by molar-refractivity contribution is 5.86. The molecule has 3 aromatic rings. The molecule has 0 saturated carbocycles. The topological polar surface area (TPSA) is 45.3 Å². The Bertz CT molecular complexity index is 901. The van der Waals surface area contributed by atoms with E-state index in [0.717, 1.165) is 37.3 Å². The first-order valence-corrected chi connectivity index (χ1v) is 9.16. The van der Waals surface area contributed by atoms with E-state index in [1.54, 1.807) is 7.11 Å². The molecule has 134 valence electrons. The lowest BCUT2D eigenvalue weighted by Crippen LogP contribution is -2.41. The van der Waals surface area contributed by atoms with Crippen molar-refractivity contribution in [1.29, 1.82) is 0 Å². The highest BCUT2D eigenvalue weighted by Crippen LogP contribution is 2.27. The minimum absolute atomic E-state index is 0.0635. The first-order chi connectivity index (χ1) is 12.7. The van der Waals surface area contributed by atoms with Gasteiger partial charge in [-0.1, -0.05) is 30.3 Å². The zero-order valence-corrected chi connectivity index (χ0v) is 15.1. The van der Waals surface area contributed by atoms with E-state index >= 15 is 0 Å². The van der Waals surface area contributed by atoms with Crippen LogP contribution in [-0.2, 0) is 17.8 Å². The normalized spacial score (nSPS) is 18.3. The lowest BCUT2D eigenvalue weighted by Gasteiger charge is -2.31. The Kier molecular flexibility index (Phi) is 4.76. The summed E-state index contributed by atoms with van der Waals surface area (Å²) in [5.74, 6) is 1.29. The highest BCUT2D eigenvalue weighted by Gasteiger charge is 2.28. The second-order valence-corrected chi connectivity index (χ2v) is 7.06. The number of ether oxygens (including phenoxy) is 1. The molecule has 1 aliphatic heterocycles. The van der Waals surface area contributed by atoms with Crippen molar-refractivity contribution in [2.75, 3.05) is 20.2 Å². The van der Waals surface area contributed by atoms with Gasteiger partial charge in [0.15, 0.2) is 0 Å². The van der Waals surface area contributed by atoms with Crippen LogP contribution in [0.2, 0.25) is 0 Å². The van der Waals surface area contributed by atoms with Crippen molar-refractivity contribution in [3.05, 3.63) is 65.9 Å². The Balaban J connectivity index is 1.48. The van der Waals surface area contributed by atoms with Gasteiger partial charge < -0.3 is 9.72 Å². The third kappa shape index (κ3) is 3.51. The first-order valence-electron chi connectivity index (χ1n) is 9.16. The largest absolute Gasteiger partial charge is 0.497 e. The van der Waals surface area contributed by atoms with E-state index in [2.05, 4.69) is 40.2 Å². The van der Waals surface area contributed by atoms with Gasteiger partial charge in [-0.15, -0.1) is 0 Å². The molecule has 4 nitrogen and oxygen atoms in total. The lowest BCUT2D eigenvalue weighted by atomic mass is 9.89. The number of aromatic amines is 1. The second-order valence-electron chi connectivity index (χ2n) is 7.06. The number of ketones is 1. The number of benzene rings is 2. The number of methoxy groups -OCH3 is 1. The summed E-state index contributed by atoms with van der Waals surface area (Å²) >= 11 is 0. The number of piperidine rings is 1. The predicted octanol–water partition coefficient (Wildman–Crippen LogP) is 3.81. The van der Waals surface area contributed by atoms with E-state index in [4.69, 9.17) is 4.74 Å². The summed E-state index contributed by atoms with van der Waals surface area (Å²) in [4.78, 5) is 18.2. The fourth-order valence-electron chi connectivity index (χ4n) is 3.87. The van der Waals surface area contributed by atoms with Crippen molar-refractivity contribution in [2.24, 2.45) is 5.92 Å². The number of carbonyl (C=O) groups excluding carboxylic acids is 1. The molecule has 1 atom stereocenters. The molecule has 2 aromatic carbocycles.